The second-order valence-electron chi connectivity index (χ2n) is 4.97. The summed E-state index contributed by atoms with van der Waals surface area (Å²) in [4.78, 5) is 4.24. The summed E-state index contributed by atoms with van der Waals surface area (Å²) in [6.07, 6.45) is 2.92. The summed E-state index contributed by atoms with van der Waals surface area (Å²) in [6.45, 7) is 2.83. The van der Waals surface area contributed by atoms with Gasteiger partial charge in [0.15, 0.2) is 0 Å². The van der Waals surface area contributed by atoms with E-state index >= 15 is 0 Å². The molecule has 1 heterocycles. The van der Waals surface area contributed by atoms with Crippen molar-refractivity contribution in [1.82, 2.24) is 20.1 Å². The van der Waals surface area contributed by atoms with Crippen molar-refractivity contribution in [2.45, 2.75) is 51.1 Å². The first-order chi connectivity index (χ1) is 8.57. The second kappa shape index (κ2) is 5.30. The fraction of sp³-hybridized carbons (Fsp3) is 0.833. The molecule has 0 spiro atoms. The minimum absolute atomic E-state index is 0.0161. The second-order valence-corrected chi connectivity index (χ2v) is 4.97. The van der Waals surface area contributed by atoms with Crippen molar-refractivity contribution in [3.63, 3.8) is 0 Å². The Hall–Kier alpha value is -1.04. The van der Waals surface area contributed by atoms with Crippen LogP contribution in [0.1, 0.15) is 44.5 Å². The molecule has 0 aromatic carbocycles. The van der Waals surface area contributed by atoms with Gasteiger partial charge in [0, 0.05) is 19.4 Å². The Morgan fingerprint density at radius 1 is 1.61 bits per heavy atom. The van der Waals surface area contributed by atoms with Gasteiger partial charge in [-0.2, -0.15) is 5.10 Å². The van der Waals surface area contributed by atoms with Crippen LogP contribution in [-0.4, -0.2) is 27.7 Å². The van der Waals surface area contributed by atoms with E-state index in [4.69, 9.17) is 0 Å². The molecule has 0 aliphatic heterocycles. The van der Waals surface area contributed by atoms with E-state index in [2.05, 4.69) is 22.3 Å². The summed E-state index contributed by atoms with van der Waals surface area (Å²) in [5.41, 5.74) is 0. The van der Waals surface area contributed by atoms with E-state index < -0.39 is 5.92 Å². The van der Waals surface area contributed by atoms with Crippen LogP contribution in [0.15, 0.2) is 6.33 Å². The molecule has 0 amide bonds. The van der Waals surface area contributed by atoms with Crippen LogP contribution in [0.2, 0.25) is 0 Å². The van der Waals surface area contributed by atoms with Gasteiger partial charge in [0.2, 0.25) is 5.92 Å². The van der Waals surface area contributed by atoms with Crippen LogP contribution in [-0.2, 0) is 6.54 Å². The molecule has 0 radical (unpaired) electrons. The molecular weight excluding hydrogens is 238 g/mol. The van der Waals surface area contributed by atoms with Gasteiger partial charge in [0.25, 0.3) is 0 Å². The molecule has 1 aromatic heterocycles. The summed E-state index contributed by atoms with van der Waals surface area (Å²) in [5.74, 6) is -1.80. The highest BCUT2D eigenvalue weighted by Crippen LogP contribution is 2.43. The van der Waals surface area contributed by atoms with Crippen LogP contribution in [0.5, 0.6) is 0 Å². The third-order valence-corrected chi connectivity index (χ3v) is 3.58. The van der Waals surface area contributed by atoms with E-state index in [9.17, 15) is 8.78 Å². The van der Waals surface area contributed by atoms with Crippen LogP contribution in [0.25, 0.3) is 0 Å². The van der Waals surface area contributed by atoms with Gasteiger partial charge in [-0.3, -0.25) is 0 Å². The highest BCUT2D eigenvalue weighted by atomic mass is 19.3. The first-order valence-electron chi connectivity index (χ1n) is 6.50. The third kappa shape index (κ3) is 2.68. The van der Waals surface area contributed by atoms with Crippen molar-refractivity contribution in [3.05, 3.63) is 12.2 Å². The zero-order valence-corrected chi connectivity index (χ0v) is 10.9. The summed E-state index contributed by atoms with van der Waals surface area (Å²) in [5, 5.41) is 7.29. The van der Waals surface area contributed by atoms with Gasteiger partial charge in [-0.05, 0) is 25.8 Å². The number of nitrogens with one attached hydrogen (secondary N) is 1. The molecule has 102 valence electrons. The van der Waals surface area contributed by atoms with E-state index in [0.29, 0.717) is 6.42 Å². The van der Waals surface area contributed by atoms with Crippen LogP contribution < -0.4 is 5.32 Å². The molecule has 1 fully saturated rings. The average molecular weight is 258 g/mol. The molecule has 4 nitrogen and oxygen atoms in total. The van der Waals surface area contributed by atoms with Crippen molar-refractivity contribution in [3.8, 4) is 0 Å². The number of aryl methyl sites for hydroxylation is 1. The van der Waals surface area contributed by atoms with Crippen LogP contribution in [0.3, 0.4) is 0 Å². The molecular formula is C12H20F2N4. The predicted octanol–water partition coefficient (Wildman–Crippen LogP) is 2.38. The predicted molar refractivity (Wildman–Crippen MR) is 64.4 cm³/mol. The lowest BCUT2D eigenvalue weighted by Gasteiger charge is -2.22. The normalized spacial score (nSPS) is 24.3. The molecule has 1 aliphatic rings. The van der Waals surface area contributed by atoms with E-state index in [1.807, 2.05) is 4.68 Å². The quantitative estimate of drug-likeness (QED) is 0.881. The number of halogens is 2. The summed E-state index contributed by atoms with van der Waals surface area (Å²) in [6, 6.07) is -0.132. The standard InChI is InChI=1S/C12H20F2N4/c1-3-6-18-11(16-8-17-18)10(15-2)9-4-5-12(13,14)7-9/h8-10,15H,3-7H2,1-2H3. The molecule has 1 saturated carbocycles. The summed E-state index contributed by atoms with van der Waals surface area (Å²) in [7, 11) is 1.80. The van der Waals surface area contributed by atoms with Crippen LogP contribution in [0, 0.1) is 5.92 Å². The molecule has 1 aliphatic carbocycles. The molecule has 0 bridgehead atoms. The molecule has 0 saturated heterocycles. The molecule has 2 unspecified atom stereocenters. The maximum absolute atomic E-state index is 13.3. The molecule has 6 heteroatoms. The zero-order chi connectivity index (χ0) is 13.2. The van der Waals surface area contributed by atoms with Crippen molar-refractivity contribution >= 4 is 0 Å². The van der Waals surface area contributed by atoms with Crippen molar-refractivity contribution in [2.24, 2.45) is 5.92 Å². The van der Waals surface area contributed by atoms with E-state index in [-0.39, 0.29) is 24.8 Å². The van der Waals surface area contributed by atoms with E-state index in [1.54, 1.807) is 7.05 Å². The Bertz CT molecular complexity index is 391. The minimum Gasteiger partial charge on any atom is -0.310 e. The molecule has 18 heavy (non-hydrogen) atoms. The summed E-state index contributed by atoms with van der Waals surface area (Å²) < 4.78 is 28.4. The zero-order valence-electron chi connectivity index (χ0n) is 10.9. The fourth-order valence-corrected chi connectivity index (χ4v) is 2.74. The average Bonchev–Trinajstić information content (AvgIpc) is 2.89. The van der Waals surface area contributed by atoms with Crippen molar-refractivity contribution in [2.75, 3.05) is 7.05 Å². The highest BCUT2D eigenvalue weighted by molar-refractivity contribution is 5.00. The number of rotatable bonds is 5. The molecule has 1 N–H and O–H groups in total. The maximum atomic E-state index is 13.3. The van der Waals surface area contributed by atoms with E-state index in [0.717, 1.165) is 18.8 Å². The first kappa shape index (κ1) is 13.4. The Labute approximate surface area is 106 Å². The topological polar surface area (TPSA) is 42.7 Å². The van der Waals surface area contributed by atoms with Gasteiger partial charge < -0.3 is 5.32 Å². The Kier molecular flexibility index (Phi) is 3.94. The third-order valence-electron chi connectivity index (χ3n) is 3.58. The number of nitrogens with zero attached hydrogens (tertiary/aromatic N) is 3. The van der Waals surface area contributed by atoms with Crippen LogP contribution >= 0.6 is 0 Å². The number of aromatic nitrogens is 3. The monoisotopic (exact) mass is 258 g/mol. The Morgan fingerprint density at radius 2 is 2.39 bits per heavy atom. The number of hydrogen-bond acceptors (Lipinski definition) is 3. The van der Waals surface area contributed by atoms with Gasteiger partial charge >= 0.3 is 0 Å². The maximum Gasteiger partial charge on any atom is 0.248 e. The smallest absolute Gasteiger partial charge is 0.248 e. The Morgan fingerprint density at radius 3 is 2.94 bits per heavy atom. The van der Waals surface area contributed by atoms with Gasteiger partial charge in [-0.25, -0.2) is 18.4 Å². The van der Waals surface area contributed by atoms with Gasteiger partial charge in [-0.1, -0.05) is 6.92 Å². The lowest BCUT2D eigenvalue weighted by atomic mass is 9.97. The van der Waals surface area contributed by atoms with Gasteiger partial charge in [0.05, 0.1) is 6.04 Å². The highest BCUT2D eigenvalue weighted by Gasteiger charge is 2.43. The summed E-state index contributed by atoms with van der Waals surface area (Å²) >= 11 is 0. The molecule has 1 aromatic rings. The van der Waals surface area contributed by atoms with E-state index in [1.165, 1.54) is 6.33 Å². The lowest BCUT2D eigenvalue weighted by Crippen LogP contribution is -2.28. The van der Waals surface area contributed by atoms with Gasteiger partial charge in [-0.15, -0.1) is 0 Å². The SMILES string of the molecule is CCCn1ncnc1C(NC)C1CCC(F)(F)C1. The van der Waals surface area contributed by atoms with Crippen molar-refractivity contribution < 1.29 is 8.78 Å². The fourth-order valence-electron chi connectivity index (χ4n) is 2.74. The number of alkyl halides is 2. The Balaban J connectivity index is 2.15. The van der Waals surface area contributed by atoms with Crippen LogP contribution in [0.4, 0.5) is 8.78 Å². The molecule has 2 rings (SSSR count). The largest absolute Gasteiger partial charge is 0.310 e. The van der Waals surface area contributed by atoms with Crippen molar-refractivity contribution in [1.29, 1.82) is 0 Å². The van der Waals surface area contributed by atoms with Gasteiger partial charge in [0.1, 0.15) is 12.2 Å². The number of hydrogen-bond donors (Lipinski definition) is 1. The lowest BCUT2D eigenvalue weighted by molar-refractivity contribution is 0.00317. The minimum atomic E-state index is -2.52. The molecule has 2 atom stereocenters. The first-order valence-corrected chi connectivity index (χ1v) is 6.50.